The molecule has 2 aliphatic rings. The zero-order valence-electron chi connectivity index (χ0n) is 9.87. The van der Waals surface area contributed by atoms with Gasteiger partial charge in [0, 0.05) is 31.1 Å². The highest BCUT2D eigenvalue weighted by Gasteiger charge is 2.29. The number of rotatable bonds is 2. The molecule has 4 nitrogen and oxygen atoms in total. The van der Waals surface area contributed by atoms with Gasteiger partial charge in [-0.1, -0.05) is 6.07 Å². The van der Waals surface area contributed by atoms with Crippen molar-refractivity contribution in [1.82, 2.24) is 10.2 Å². The fourth-order valence-electron chi connectivity index (χ4n) is 2.60. The molecular formula is C13H14FN3O. The summed E-state index contributed by atoms with van der Waals surface area (Å²) in [7, 11) is 0. The smallest absolute Gasteiger partial charge is 0.220 e. The van der Waals surface area contributed by atoms with Crippen LogP contribution in [0.2, 0.25) is 0 Å². The lowest BCUT2D eigenvalue weighted by Gasteiger charge is -2.21. The van der Waals surface area contributed by atoms with Crippen LogP contribution in [0.5, 0.6) is 0 Å². The average Bonchev–Trinajstić information content (AvgIpc) is 2.86. The molecule has 2 heterocycles. The first-order valence-corrected chi connectivity index (χ1v) is 6.05. The Kier molecular flexibility index (Phi) is 2.54. The highest BCUT2D eigenvalue weighted by Crippen LogP contribution is 2.24. The van der Waals surface area contributed by atoms with Crippen LogP contribution in [0, 0.1) is 11.2 Å². The third-order valence-electron chi connectivity index (χ3n) is 3.53. The van der Waals surface area contributed by atoms with Crippen molar-refractivity contribution in [2.45, 2.75) is 25.4 Å². The summed E-state index contributed by atoms with van der Waals surface area (Å²) in [5, 5.41) is 10.9. The maximum atomic E-state index is 13.1. The molecule has 0 bridgehead atoms. The Morgan fingerprint density at radius 3 is 3.06 bits per heavy atom. The topological polar surface area (TPSA) is 56.2 Å². The Morgan fingerprint density at radius 1 is 1.50 bits per heavy atom. The molecule has 1 aromatic rings. The van der Waals surface area contributed by atoms with E-state index in [2.05, 4.69) is 5.32 Å². The number of carbonyl (C=O) groups is 1. The minimum Gasteiger partial charge on any atom is -0.352 e. The lowest BCUT2D eigenvalue weighted by atomic mass is 10.1. The van der Waals surface area contributed by atoms with Crippen LogP contribution in [-0.4, -0.2) is 29.2 Å². The van der Waals surface area contributed by atoms with Gasteiger partial charge in [0.05, 0.1) is 0 Å². The number of amidine groups is 1. The number of fused-ring (bicyclic) bond motifs is 1. The summed E-state index contributed by atoms with van der Waals surface area (Å²) < 4.78 is 13.1. The maximum Gasteiger partial charge on any atom is 0.220 e. The molecule has 1 unspecified atom stereocenters. The van der Waals surface area contributed by atoms with Gasteiger partial charge in [-0.3, -0.25) is 10.2 Å². The van der Waals surface area contributed by atoms with E-state index in [-0.39, 0.29) is 17.8 Å². The molecule has 0 spiro atoms. The summed E-state index contributed by atoms with van der Waals surface area (Å²) in [5.41, 5.74) is 1.64. The number of benzene rings is 1. The SMILES string of the molecule is N=C1c2cc(F)ccc2CN1CC1CCC(=O)N1. The molecule has 1 atom stereocenters. The molecule has 5 heteroatoms. The van der Waals surface area contributed by atoms with Crippen LogP contribution in [0.4, 0.5) is 4.39 Å². The second-order valence-corrected chi connectivity index (χ2v) is 4.83. The van der Waals surface area contributed by atoms with Crippen molar-refractivity contribution in [2.24, 2.45) is 0 Å². The van der Waals surface area contributed by atoms with Gasteiger partial charge in [-0.15, -0.1) is 0 Å². The fourth-order valence-corrected chi connectivity index (χ4v) is 2.60. The number of hydrogen-bond acceptors (Lipinski definition) is 2. The molecule has 0 radical (unpaired) electrons. The van der Waals surface area contributed by atoms with Crippen molar-refractivity contribution >= 4 is 11.7 Å². The van der Waals surface area contributed by atoms with Gasteiger partial charge in [-0.05, 0) is 24.1 Å². The Hall–Kier alpha value is -1.91. The summed E-state index contributed by atoms with van der Waals surface area (Å²) in [6, 6.07) is 4.67. The van der Waals surface area contributed by atoms with Crippen LogP contribution in [0.1, 0.15) is 24.0 Å². The molecule has 1 amide bonds. The minimum absolute atomic E-state index is 0.0780. The second kappa shape index (κ2) is 4.08. The monoisotopic (exact) mass is 247 g/mol. The summed E-state index contributed by atoms with van der Waals surface area (Å²) in [5.74, 6) is 0.120. The van der Waals surface area contributed by atoms with Crippen molar-refractivity contribution in [3.05, 3.63) is 35.1 Å². The van der Waals surface area contributed by atoms with E-state index < -0.39 is 0 Å². The summed E-state index contributed by atoms with van der Waals surface area (Å²) in [4.78, 5) is 13.0. The van der Waals surface area contributed by atoms with Crippen molar-refractivity contribution in [3.8, 4) is 0 Å². The zero-order chi connectivity index (χ0) is 12.7. The van der Waals surface area contributed by atoms with Crippen molar-refractivity contribution in [1.29, 1.82) is 5.41 Å². The Bertz CT molecular complexity index is 529. The molecule has 3 rings (SSSR count). The standard InChI is InChI=1S/C13H14FN3O/c14-9-2-1-8-6-17(13(15)11(8)5-9)7-10-3-4-12(18)16-10/h1-2,5,10,15H,3-4,6-7H2,(H,16,18). The third-order valence-corrected chi connectivity index (χ3v) is 3.53. The van der Waals surface area contributed by atoms with Crippen molar-refractivity contribution < 1.29 is 9.18 Å². The Balaban J connectivity index is 1.74. The third kappa shape index (κ3) is 1.85. The molecular weight excluding hydrogens is 233 g/mol. The van der Waals surface area contributed by atoms with E-state index in [0.29, 0.717) is 30.9 Å². The Labute approximate surface area is 104 Å². The van der Waals surface area contributed by atoms with Crippen LogP contribution < -0.4 is 5.32 Å². The molecule has 0 saturated carbocycles. The number of hydrogen-bond donors (Lipinski definition) is 2. The number of carbonyl (C=O) groups excluding carboxylic acids is 1. The highest BCUT2D eigenvalue weighted by molar-refractivity contribution is 6.00. The van der Waals surface area contributed by atoms with E-state index >= 15 is 0 Å². The molecule has 1 aromatic carbocycles. The fraction of sp³-hybridized carbons (Fsp3) is 0.385. The largest absolute Gasteiger partial charge is 0.352 e. The van der Waals surface area contributed by atoms with Crippen LogP contribution in [-0.2, 0) is 11.3 Å². The van der Waals surface area contributed by atoms with E-state index in [4.69, 9.17) is 5.41 Å². The van der Waals surface area contributed by atoms with Crippen LogP contribution in [0.3, 0.4) is 0 Å². The normalized spacial score (nSPS) is 22.3. The average molecular weight is 247 g/mol. The van der Waals surface area contributed by atoms with E-state index in [9.17, 15) is 9.18 Å². The maximum absolute atomic E-state index is 13.1. The van der Waals surface area contributed by atoms with Gasteiger partial charge in [0.1, 0.15) is 11.7 Å². The number of nitrogens with one attached hydrogen (secondary N) is 2. The van der Waals surface area contributed by atoms with Gasteiger partial charge < -0.3 is 10.2 Å². The first kappa shape index (κ1) is 11.2. The van der Waals surface area contributed by atoms with Gasteiger partial charge in [0.15, 0.2) is 0 Å². The van der Waals surface area contributed by atoms with Crippen molar-refractivity contribution in [3.63, 3.8) is 0 Å². The first-order chi connectivity index (χ1) is 8.63. The van der Waals surface area contributed by atoms with Crippen LogP contribution in [0.15, 0.2) is 18.2 Å². The van der Waals surface area contributed by atoms with Gasteiger partial charge in [0.2, 0.25) is 5.91 Å². The Morgan fingerprint density at radius 2 is 2.33 bits per heavy atom. The lowest BCUT2D eigenvalue weighted by molar-refractivity contribution is -0.119. The van der Waals surface area contributed by atoms with Gasteiger partial charge in [-0.25, -0.2) is 4.39 Å². The molecule has 18 heavy (non-hydrogen) atoms. The first-order valence-electron chi connectivity index (χ1n) is 6.05. The van der Waals surface area contributed by atoms with E-state index in [1.54, 1.807) is 6.07 Å². The molecule has 0 aromatic heterocycles. The van der Waals surface area contributed by atoms with Crippen molar-refractivity contribution in [2.75, 3.05) is 6.54 Å². The quantitative estimate of drug-likeness (QED) is 0.826. The van der Waals surface area contributed by atoms with E-state index in [1.807, 2.05) is 4.90 Å². The van der Waals surface area contributed by atoms with Gasteiger partial charge >= 0.3 is 0 Å². The second-order valence-electron chi connectivity index (χ2n) is 4.83. The number of nitrogens with zero attached hydrogens (tertiary/aromatic N) is 1. The molecule has 0 aliphatic carbocycles. The minimum atomic E-state index is -0.311. The molecule has 2 aliphatic heterocycles. The van der Waals surface area contributed by atoms with Gasteiger partial charge in [-0.2, -0.15) is 0 Å². The summed E-state index contributed by atoms with van der Waals surface area (Å²) in [6.45, 7) is 1.25. The van der Waals surface area contributed by atoms with E-state index in [1.165, 1.54) is 12.1 Å². The zero-order valence-corrected chi connectivity index (χ0v) is 9.87. The van der Waals surface area contributed by atoms with Crippen LogP contribution >= 0.6 is 0 Å². The van der Waals surface area contributed by atoms with Crippen LogP contribution in [0.25, 0.3) is 0 Å². The molecule has 94 valence electrons. The molecule has 1 fully saturated rings. The van der Waals surface area contributed by atoms with Gasteiger partial charge in [0.25, 0.3) is 0 Å². The number of amides is 1. The molecule has 2 N–H and O–H groups in total. The number of halogens is 1. The molecule has 1 saturated heterocycles. The predicted octanol–water partition coefficient (Wildman–Crippen LogP) is 1.25. The predicted molar refractivity (Wildman–Crippen MR) is 64.8 cm³/mol. The highest BCUT2D eigenvalue weighted by atomic mass is 19.1. The van der Waals surface area contributed by atoms with E-state index in [0.717, 1.165) is 12.0 Å². The summed E-state index contributed by atoms with van der Waals surface area (Å²) in [6.07, 6.45) is 1.38. The lowest BCUT2D eigenvalue weighted by Crippen LogP contribution is -2.38. The summed E-state index contributed by atoms with van der Waals surface area (Å²) >= 11 is 0.